The van der Waals surface area contributed by atoms with Crippen LogP contribution in [0.3, 0.4) is 0 Å². The van der Waals surface area contributed by atoms with Gasteiger partial charge in [-0.25, -0.2) is 9.97 Å². The number of carbonyl (C=O) groups is 1. The highest BCUT2D eigenvalue weighted by Crippen LogP contribution is 2.41. The summed E-state index contributed by atoms with van der Waals surface area (Å²) in [6.45, 7) is 5.38. The lowest BCUT2D eigenvalue weighted by Crippen LogP contribution is -2.51. The van der Waals surface area contributed by atoms with E-state index in [1.165, 1.54) is 5.56 Å². The second kappa shape index (κ2) is 8.88. The van der Waals surface area contributed by atoms with E-state index < -0.39 is 0 Å². The molecule has 0 unspecified atom stereocenters. The number of benzene rings is 1. The summed E-state index contributed by atoms with van der Waals surface area (Å²) >= 11 is 6.06. The predicted octanol–water partition coefficient (Wildman–Crippen LogP) is 3.29. The summed E-state index contributed by atoms with van der Waals surface area (Å²) in [5.41, 5.74) is 1.52. The Kier molecular flexibility index (Phi) is 6.22. The summed E-state index contributed by atoms with van der Waals surface area (Å²) in [5, 5.41) is 3.95. The minimum Gasteiger partial charge on any atom is -0.497 e. The van der Waals surface area contributed by atoms with Gasteiger partial charge in [-0.3, -0.25) is 4.79 Å². The molecule has 1 aromatic heterocycles. The lowest BCUT2D eigenvalue weighted by molar-refractivity contribution is 0.111. The van der Waals surface area contributed by atoms with E-state index in [0.717, 1.165) is 50.7 Å². The lowest BCUT2D eigenvalue weighted by Gasteiger charge is -2.43. The predicted molar refractivity (Wildman–Crippen MR) is 115 cm³/mol. The van der Waals surface area contributed by atoms with E-state index in [-0.39, 0.29) is 22.3 Å². The third-order valence-corrected chi connectivity index (χ3v) is 6.70. The van der Waals surface area contributed by atoms with Crippen molar-refractivity contribution in [1.82, 2.24) is 15.3 Å². The Balaban J connectivity index is 1.40. The summed E-state index contributed by atoms with van der Waals surface area (Å²) in [7, 11) is 1.68. The van der Waals surface area contributed by atoms with Gasteiger partial charge >= 0.3 is 0 Å². The van der Waals surface area contributed by atoms with Crippen LogP contribution in [0.1, 0.15) is 41.9 Å². The largest absolute Gasteiger partial charge is 0.497 e. The summed E-state index contributed by atoms with van der Waals surface area (Å²) < 4.78 is 11.2. The van der Waals surface area contributed by atoms with Crippen LogP contribution in [0.25, 0.3) is 0 Å². The Bertz CT molecular complexity index is 884. The van der Waals surface area contributed by atoms with Gasteiger partial charge in [0.05, 0.1) is 26.5 Å². The third-order valence-electron chi connectivity index (χ3n) is 6.42. The van der Waals surface area contributed by atoms with E-state index in [1.807, 2.05) is 12.1 Å². The van der Waals surface area contributed by atoms with Crippen molar-refractivity contribution in [2.75, 3.05) is 38.3 Å². The van der Waals surface area contributed by atoms with Crippen LogP contribution in [0.5, 0.6) is 5.75 Å². The maximum atomic E-state index is 10.9. The first kappa shape index (κ1) is 21.0. The van der Waals surface area contributed by atoms with Gasteiger partial charge in [-0.15, -0.1) is 0 Å². The molecule has 1 aromatic carbocycles. The number of hydrogen-bond donors (Lipinski definition) is 1. The van der Waals surface area contributed by atoms with Gasteiger partial charge in [0.2, 0.25) is 0 Å². The normalized spacial score (nSPS) is 21.6. The molecule has 8 heteroatoms. The number of methoxy groups -OCH3 is 1. The molecule has 2 atom stereocenters. The van der Waals surface area contributed by atoms with Crippen LogP contribution in [0, 0.1) is 5.41 Å². The van der Waals surface area contributed by atoms with E-state index in [9.17, 15) is 4.79 Å². The molecule has 2 fully saturated rings. The van der Waals surface area contributed by atoms with Crippen molar-refractivity contribution < 1.29 is 14.3 Å². The molecular weight excluding hydrogens is 404 g/mol. The highest BCUT2D eigenvalue weighted by atomic mass is 35.5. The zero-order valence-electron chi connectivity index (χ0n) is 17.3. The standard InChI is InChI=1S/C22H27ClN4O3/c1-15(16-3-5-17(29-2)6-4-16)25-19-13-30-14-22(19)7-9-27(10-8-22)20-11-24-18(12-28)21(23)26-20/h3-6,11-12,15,19,25H,7-10,13-14H2,1-2H3/t15-,19-/m1/s1. The number of rotatable bonds is 6. The summed E-state index contributed by atoms with van der Waals surface area (Å²) in [5.74, 6) is 1.58. The SMILES string of the molecule is COc1ccc([C@@H](C)N[C@@H]2COCC23CCN(c2cnc(C=O)c(Cl)n2)CC3)cc1. The Labute approximate surface area is 181 Å². The summed E-state index contributed by atoms with van der Waals surface area (Å²) in [6.07, 6.45) is 4.24. The van der Waals surface area contributed by atoms with E-state index >= 15 is 0 Å². The topological polar surface area (TPSA) is 76.6 Å². The fourth-order valence-electron chi connectivity index (χ4n) is 4.45. The average Bonchev–Trinajstić information content (AvgIpc) is 3.15. The Morgan fingerprint density at radius 3 is 2.70 bits per heavy atom. The zero-order chi connectivity index (χ0) is 21.1. The first-order valence-corrected chi connectivity index (χ1v) is 10.6. The monoisotopic (exact) mass is 430 g/mol. The molecule has 1 N–H and O–H groups in total. The maximum absolute atomic E-state index is 10.9. The van der Waals surface area contributed by atoms with Crippen LogP contribution >= 0.6 is 11.6 Å². The number of carbonyl (C=O) groups excluding carboxylic acids is 1. The van der Waals surface area contributed by atoms with Crippen LogP contribution in [0.15, 0.2) is 30.5 Å². The molecule has 2 aromatic rings. The number of nitrogens with one attached hydrogen (secondary N) is 1. The molecule has 2 aliphatic heterocycles. The number of aldehydes is 1. The molecule has 4 rings (SSSR count). The highest BCUT2D eigenvalue weighted by Gasteiger charge is 2.46. The van der Waals surface area contributed by atoms with Crippen LogP contribution in [0.2, 0.25) is 5.15 Å². The van der Waals surface area contributed by atoms with E-state index in [2.05, 4.69) is 39.2 Å². The molecule has 30 heavy (non-hydrogen) atoms. The number of nitrogens with zero attached hydrogens (tertiary/aromatic N) is 3. The summed E-state index contributed by atoms with van der Waals surface area (Å²) in [4.78, 5) is 21.6. The maximum Gasteiger partial charge on any atom is 0.171 e. The van der Waals surface area contributed by atoms with Crippen LogP contribution in [0.4, 0.5) is 5.82 Å². The lowest BCUT2D eigenvalue weighted by atomic mass is 9.74. The van der Waals surface area contributed by atoms with Crippen LogP contribution in [-0.2, 0) is 4.74 Å². The molecule has 3 heterocycles. The van der Waals surface area contributed by atoms with Crippen molar-refractivity contribution in [3.8, 4) is 5.75 Å². The van der Waals surface area contributed by atoms with Gasteiger partial charge in [0.1, 0.15) is 17.3 Å². The molecule has 0 radical (unpaired) electrons. The van der Waals surface area contributed by atoms with Crippen LogP contribution in [-0.4, -0.2) is 55.7 Å². The van der Waals surface area contributed by atoms with Crippen molar-refractivity contribution in [3.63, 3.8) is 0 Å². The van der Waals surface area contributed by atoms with Gasteiger partial charge in [-0.1, -0.05) is 23.7 Å². The Hall–Kier alpha value is -2.22. The second-order valence-corrected chi connectivity index (χ2v) is 8.46. The molecule has 0 aliphatic carbocycles. The molecule has 2 saturated heterocycles. The smallest absolute Gasteiger partial charge is 0.171 e. The van der Waals surface area contributed by atoms with E-state index in [1.54, 1.807) is 13.3 Å². The van der Waals surface area contributed by atoms with Gasteiger partial charge in [-0.2, -0.15) is 0 Å². The molecule has 0 saturated carbocycles. The molecule has 2 aliphatic rings. The minimum absolute atomic E-state index is 0.108. The van der Waals surface area contributed by atoms with Crippen molar-refractivity contribution >= 4 is 23.7 Å². The van der Waals surface area contributed by atoms with Gasteiger partial charge in [0.25, 0.3) is 0 Å². The van der Waals surface area contributed by atoms with E-state index in [4.69, 9.17) is 21.1 Å². The number of piperidine rings is 1. The van der Waals surface area contributed by atoms with Crippen molar-refractivity contribution in [2.45, 2.75) is 31.8 Å². The Morgan fingerprint density at radius 2 is 2.07 bits per heavy atom. The van der Waals surface area contributed by atoms with Crippen molar-refractivity contribution in [2.24, 2.45) is 5.41 Å². The molecule has 0 amide bonds. The van der Waals surface area contributed by atoms with Crippen molar-refractivity contribution in [1.29, 1.82) is 0 Å². The number of hydrogen-bond acceptors (Lipinski definition) is 7. The van der Waals surface area contributed by atoms with Gasteiger partial charge in [-0.05, 0) is 37.5 Å². The second-order valence-electron chi connectivity index (χ2n) is 8.10. The number of ether oxygens (including phenoxy) is 2. The van der Waals surface area contributed by atoms with E-state index in [0.29, 0.717) is 12.3 Å². The number of aromatic nitrogens is 2. The van der Waals surface area contributed by atoms with Crippen molar-refractivity contribution in [3.05, 3.63) is 46.9 Å². The number of anilines is 1. The fraction of sp³-hybridized carbons (Fsp3) is 0.500. The molecular formula is C22H27ClN4O3. The summed E-state index contributed by atoms with van der Waals surface area (Å²) in [6, 6.07) is 8.71. The third kappa shape index (κ3) is 4.15. The highest BCUT2D eigenvalue weighted by molar-refractivity contribution is 6.31. The zero-order valence-corrected chi connectivity index (χ0v) is 18.1. The average molecular weight is 431 g/mol. The minimum atomic E-state index is 0.108. The van der Waals surface area contributed by atoms with Crippen LogP contribution < -0.4 is 15.0 Å². The molecule has 7 nitrogen and oxygen atoms in total. The molecule has 0 bridgehead atoms. The fourth-order valence-corrected chi connectivity index (χ4v) is 4.63. The first-order chi connectivity index (χ1) is 14.5. The van der Waals surface area contributed by atoms with Gasteiger partial charge in [0, 0.05) is 30.6 Å². The van der Waals surface area contributed by atoms with Gasteiger partial charge < -0.3 is 19.7 Å². The van der Waals surface area contributed by atoms with Gasteiger partial charge in [0.15, 0.2) is 11.4 Å². The molecule has 160 valence electrons. The quantitative estimate of drug-likeness (QED) is 0.704. The number of halogens is 1. The first-order valence-electron chi connectivity index (χ1n) is 10.2. The Morgan fingerprint density at radius 1 is 1.33 bits per heavy atom. The molecule has 1 spiro atoms.